The molecule has 0 amide bonds. The Bertz CT molecular complexity index is 425. The summed E-state index contributed by atoms with van der Waals surface area (Å²) in [5.74, 6) is 1.05. The lowest BCUT2D eigenvalue weighted by Crippen LogP contribution is -2.25. The number of benzene rings is 1. The molecule has 2 aliphatic rings. The number of ether oxygens (including phenoxy) is 2. The maximum absolute atomic E-state index is 6.07. The molecule has 0 aliphatic carbocycles. The molecule has 0 spiro atoms. The molecule has 98 valence electrons. The fourth-order valence-corrected chi connectivity index (χ4v) is 2.69. The highest BCUT2D eigenvalue weighted by molar-refractivity contribution is 5.59. The normalized spacial score (nSPS) is 26.5. The van der Waals surface area contributed by atoms with Crippen molar-refractivity contribution in [2.45, 2.75) is 26.2 Å². The van der Waals surface area contributed by atoms with Gasteiger partial charge in [0.25, 0.3) is 0 Å². The van der Waals surface area contributed by atoms with Gasteiger partial charge in [-0.05, 0) is 31.4 Å². The highest BCUT2D eigenvalue weighted by Gasteiger charge is 2.31. The molecule has 0 aromatic heterocycles. The van der Waals surface area contributed by atoms with Crippen LogP contribution in [0, 0.1) is 5.41 Å². The van der Waals surface area contributed by atoms with Crippen LogP contribution < -0.4 is 10.1 Å². The average molecular weight is 247 g/mol. The van der Waals surface area contributed by atoms with E-state index in [4.69, 9.17) is 9.47 Å². The number of nitrogens with one attached hydrogen (secondary N) is 1. The third-order valence-corrected chi connectivity index (χ3v) is 3.93. The van der Waals surface area contributed by atoms with E-state index in [9.17, 15) is 0 Å². The van der Waals surface area contributed by atoms with E-state index < -0.39 is 0 Å². The molecule has 1 aromatic rings. The molecule has 3 rings (SSSR count). The predicted octanol–water partition coefficient (Wildman–Crippen LogP) is 2.85. The summed E-state index contributed by atoms with van der Waals surface area (Å²) in [5, 5.41) is 3.44. The van der Waals surface area contributed by atoms with Crippen LogP contribution in [0.1, 0.15) is 25.3 Å². The van der Waals surface area contributed by atoms with Gasteiger partial charge in [-0.25, -0.2) is 0 Å². The predicted molar refractivity (Wildman–Crippen MR) is 72.3 cm³/mol. The zero-order valence-electron chi connectivity index (χ0n) is 11.0. The summed E-state index contributed by atoms with van der Waals surface area (Å²) in [6.07, 6.45) is 3.40. The smallest absolute Gasteiger partial charge is 0.124 e. The highest BCUT2D eigenvalue weighted by Crippen LogP contribution is 2.33. The van der Waals surface area contributed by atoms with Crippen molar-refractivity contribution in [1.82, 2.24) is 0 Å². The first-order valence-electron chi connectivity index (χ1n) is 6.83. The van der Waals surface area contributed by atoms with Crippen LogP contribution in [0.5, 0.6) is 5.75 Å². The van der Waals surface area contributed by atoms with Crippen LogP contribution in [-0.4, -0.2) is 26.4 Å². The Morgan fingerprint density at radius 1 is 1.44 bits per heavy atom. The molecule has 0 saturated carbocycles. The van der Waals surface area contributed by atoms with Crippen LogP contribution in [0.15, 0.2) is 18.2 Å². The molecule has 0 bridgehead atoms. The van der Waals surface area contributed by atoms with E-state index in [1.807, 2.05) is 0 Å². The van der Waals surface area contributed by atoms with Gasteiger partial charge in [0, 0.05) is 29.8 Å². The first kappa shape index (κ1) is 11.8. The van der Waals surface area contributed by atoms with Crippen molar-refractivity contribution in [3.63, 3.8) is 0 Å². The fraction of sp³-hybridized carbons (Fsp3) is 0.600. The van der Waals surface area contributed by atoms with E-state index in [2.05, 4.69) is 30.4 Å². The molecule has 2 aliphatic heterocycles. The number of rotatable bonds is 3. The van der Waals surface area contributed by atoms with E-state index in [1.165, 1.54) is 17.7 Å². The van der Waals surface area contributed by atoms with Crippen molar-refractivity contribution in [2.24, 2.45) is 5.41 Å². The summed E-state index contributed by atoms with van der Waals surface area (Å²) >= 11 is 0. The van der Waals surface area contributed by atoms with Gasteiger partial charge in [0.1, 0.15) is 5.75 Å². The van der Waals surface area contributed by atoms with Gasteiger partial charge in [-0.2, -0.15) is 0 Å². The highest BCUT2D eigenvalue weighted by atomic mass is 16.5. The van der Waals surface area contributed by atoms with Gasteiger partial charge in [-0.3, -0.25) is 0 Å². The third kappa shape index (κ3) is 2.32. The largest absolute Gasteiger partial charge is 0.493 e. The molecule has 1 saturated heterocycles. The first-order valence-corrected chi connectivity index (χ1v) is 6.83. The summed E-state index contributed by atoms with van der Waals surface area (Å²) in [6.45, 7) is 5.76. The van der Waals surface area contributed by atoms with E-state index in [1.54, 1.807) is 0 Å². The summed E-state index contributed by atoms with van der Waals surface area (Å²) in [7, 11) is 0. The molecule has 1 atom stereocenters. The summed E-state index contributed by atoms with van der Waals surface area (Å²) < 4.78 is 11.5. The van der Waals surface area contributed by atoms with E-state index in [-0.39, 0.29) is 5.41 Å². The molecule has 1 N–H and O–H groups in total. The van der Waals surface area contributed by atoms with Gasteiger partial charge in [-0.1, -0.05) is 13.0 Å². The van der Waals surface area contributed by atoms with Crippen molar-refractivity contribution in [2.75, 3.05) is 31.7 Å². The molecule has 1 unspecified atom stereocenters. The molecule has 3 heteroatoms. The lowest BCUT2D eigenvalue weighted by atomic mass is 9.91. The molecular weight excluding hydrogens is 226 g/mol. The number of anilines is 1. The standard InChI is InChI=1S/C15H21NO2/c1-15(7-9-17-10-15)11-18-14-6-2-5-13-12(14)4-3-8-16-13/h2,5-6,16H,3-4,7-11H2,1H3. The van der Waals surface area contributed by atoms with Gasteiger partial charge in [0.15, 0.2) is 0 Å². The van der Waals surface area contributed by atoms with Crippen LogP contribution in [0.2, 0.25) is 0 Å². The second-order valence-electron chi connectivity index (χ2n) is 5.71. The Morgan fingerprint density at radius 2 is 2.39 bits per heavy atom. The molecule has 18 heavy (non-hydrogen) atoms. The second-order valence-corrected chi connectivity index (χ2v) is 5.71. The van der Waals surface area contributed by atoms with E-state index >= 15 is 0 Å². The zero-order chi connectivity index (χ0) is 12.4. The molecule has 1 fully saturated rings. The topological polar surface area (TPSA) is 30.5 Å². The first-order chi connectivity index (χ1) is 8.77. The molecular formula is C15H21NO2. The summed E-state index contributed by atoms with van der Waals surface area (Å²) in [6, 6.07) is 6.30. The van der Waals surface area contributed by atoms with Gasteiger partial charge < -0.3 is 14.8 Å². The van der Waals surface area contributed by atoms with Crippen LogP contribution in [0.25, 0.3) is 0 Å². The fourth-order valence-electron chi connectivity index (χ4n) is 2.69. The summed E-state index contributed by atoms with van der Waals surface area (Å²) in [5.41, 5.74) is 2.77. The van der Waals surface area contributed by atoms with Gasteiger partial charge in [-0.15, -0.1) is 0 Å². The quantitative estimate of drug-likeness (QED) is 0.891. The SMILES string of the molecule is CC1(COc2cccc3c2CCCN3)CCOC1. The molecule has 0 radical (unpaired) electrons. The number of hydrogen-bond donors (Lipinski definition) is 1. The number of hydrogen-bond acceptors (Lipinski definition) is 3. The minimum atomic E-state index is 0.185. The maximum atomic E-state index is 6.07. The van der Waals surface area contributed by atoms with Crippen molar-refractivity contribution >= 4 is 5.69 Å². The Hall–Kier alpha value is -1.22. The molecule has 2 heterocycles. The van der Waals surface area contributed by atoms with Gasteiger partial charge in [0.05, 0.1) is 13.2 Å². The minimum Gasteiger partial charge on any atom is -0.493 e. The van der Waals surface area contributed by atoms with Crippen LogP contribution >= 0.6 is 0 Å². The van der Waals surface area contributed by atoms with E-state index in [0.717, 1.165) is 45.0 Å². The Kier molecular flexibility index (Phi) is 3.16. The molecule has 3 nitrogen and oxygen atoms in total. The second kappa shape index (κ2) is 4.81. The Labute approximate surface area is 108 Å². The zero-order valence-corrected chi connectivity index (χ0v) is 11.0. The van der Waals surface area contributed by atoms with Gasteiger partial charge in [0.2, 0.25) is 0 Å². The Balaban J connectivity index is 1.72. The number of fused-ring (bicyclic) bond motifs is 1. The van der Waals surface area contributed by atoms with Crippen molar-refractivity contribution in [1.29, 1.82) is 0 Å². The van der Waals surface area contributed by atoms with Crippen molar-refractivity contribution in [3.05, 3.63) is 23.8 Å². The Morgan fingerprint density at radius 3 is 3.22 bits per heavy atom. The van der Waals surface area contributed by atoms with Crippen LogP contribution in [0.4, 0.5) is 5.69 Å². The monoisotopic (exact) mass is 247 g/mol. The van der Waals surface area contributed by atoms with Crippen molar-refractivity contribution < 1.29 is 9.47 Å². The minimum absolute atomic E-state index is 0.185. The average Bonchev–Trinajstić information content (AvgIpc) is 2.84. The summed E-state index contributed by atoms with van der Waals surface area (Å²) in [4.78, 5) is 0. The molecule has 1 aromatic carbocycles. The van der Waals surface area contributed by atoms with Crippen LogP contribution in [0.3, 0.4) is 0 Å². The maximum Gasteiger partial charge on any atom is 0.124 e. The van der Waals surface area contributed by atoms with Crippen molar-refractivity contribution in [3.8, 4) is 5.75 Å². The lowest BCUT2D eigenvalue weighted by molar-refractivity contribution is 0.117. The third-order valence-electron chi connectivity index (χ3n) is 3.93. The van der Waals surface area contributed by atoms with Gasteiger partial charge >= 0.3 is 0 Å². The van der Waals surface area contributed by atoms with Crippen LogP contribution in [-0.2, 0) is 11.2 Å². The lowest BCUT2D eigenvalue weighted by Gasteiger charge is -2.25. The van der Waals surface area contributed by atoms with E-state index in [0.29, 0.717) is 0 Å².